The SMILES string of the molecule is COCCOCOc1cc(C(O)C(=O)OC(c2ccccc2)c2ccccc2)cc(F)c1OCOCCOC. The summed E-state index contributed by atoms with van der Waals surface area (Å²) in [7, 11) is 3.05. The number of aliphatic hydroxyl groups is 1. The monoisotopic (exact) mass is 544 g/mol. The first-order valence-corrected chi connectivity index (χ1v) is 12.3. The minimum absolute atomic E-state index is 0.0862. The maximum absolute atomic E-state index is 15.1. The minimum atomic E-state index is -1.81. The molecule has 0 amide bonds. The van der Waals surface area contributed by atoms with Crippen molar-refractivity contribution >= 4 is 5.97 Å². The molecule has 0 bridgehead atoms. The second-order valence-corrected chi connectivity index (χ2v) is 8.20. The summed E-state index contributed by atoms with van der Waals surface area (Å²) >= 11 is 0. The molecule has 3 rings (SSSR count). The van der Waals surface area contributed by atoms with E-state index in [0.717, 1.165) is 6.07 Å². The van der Waals surface area contributed by atoms with Crippen LogP contribution in [0.15, 0.2) is 72.8 Å². The first kappa shape index (κ1) is 30.0. The van der Waals surface area contributed by atoms with Crippen LogP contribution in [0.1, 0.15) is 28.9 Å². The third kappa shape index (κ3) is 9.31. The van der Waals surface area contributed by atoms with Gasteiger partial charge in [-0.3, -0.25) is 0 Å². The fourth-order valence-corrected chi connectivity index (χ4v) is 3.50. The summed E-state index contributed by atoms with van der Waals surface area (Å²) < 4.78 is 52.2. The predicted octanol–water partition coefficient (Wildman–Crippen LogP) is 4.19. The molecule has 0 heterocycles. The van der Waals surface area contributed by atoms with Gasteiger partial charge in [-0.2, -0.15) is 0 Å². The van der Waals surface area contributed by atoms with E-state index in [1.165, 1.54) is 20.3 Å². The van der Waals surface area contributed by atoms with Gasteiger partial charge in [-0.1, -0.05) is 60.7 Å². The summed E-state index contributed by atoms with van der Waals surface area (Å²) in [5.74, 6) is -2.19. The number of ether oxygens (including phenoxy) is 7. The molecule has 1 N–H and O–H groups in total. The van der Waals surface area contributed by atoms with Gasteiger partial charge < -0.3 is 38.3 Å². The Morgan fingerprint density at radius 3 is 1.85 bits per heavy atom. The number of esters is 1. The van der Waals surface area contributed by atoms with E-state index in [0.29, 0.717) is 24.3 Å². The van der Waals surface area contributed by atoms with Crippen molar-refractivity contribution in [1.82, 2.24) is 0 Å². The lowest BCUT2D eigenvalue weighted by atomic mass is 10.0. The van der Waals surface area contributed by atoms with Gasteiger partial charge in [0.15, 0.2) is 43.1 Å². The van der Waals surface area contributed by atoms with Gasteiger partial charge in [0, 0.05) is 14.2 Å². The summed E-state index contributed by atoms with van der Waals surface area (Å²) in [6, 6.07) is 20.5. The molecule has 0 radical (unpaired) electrons. The van der Waals surface area contributed by atoms with Crippen molar-refractivity contribution in [2.24, 2.45) is 0 Å². The molecule has 3 aromatic rings. The van der Waals surface area contributed by atoms with Gasteiger partial charge in [-0.15, -0.1) is 0 Å². The van der Waals surface area contributed by atoms with Crippen molar-refractivity contribution in [1.29, 1.82) is 0 Å². The molecule has 0 aliphatic heterocycles. The molecule has 0 aliphatic carbocycles. The van der Waals surface area contributed by atoms with Crippen LogP contribution in [0.25, 0.3) is 0 Å². The summed E-state index contributed by atoms with van der Waals surface area (Å²) in [4.78, 5) is 13.1. The zero-order chi connectivity index (χ0) is 27.9. The van der Waals surface area contributed by atoms with Crippen molar-refractivity contribution in [3.8, 4) is 11.5 Å². The molecule has 10 heteroatoms. The summed E-state index contributed by atoms with van der Waals surface area (Å²) in [6.45, 7) is 0.621. The van der Waals surface area contributed by atoms with Crippen LogP contribution >= 0.6 is 0 Å². The van der Waals surface area contributed by atoms with E-state index in [4.69, 9.17) is 33.2 Å². The van der Waals surface area contributed by atoms with E-state index >= 15 is 4.39 Å². The topological polar surface area (TPSA) is 102 Å². The largest absolute Gasteiger partial charge is 0.464 e. The second kappa shape index (κ2) is 16.4. The van der Waals surface area contributed by atoms with Crippen LogP contribution in [-0.4, -0.2) is 65.3 Å². The van der Waals surface area contributed by atoms with E-state index in [1.54, 1.807) is 0 Å². The van der Waals surface area contributed by atoms with Crippen LogP contribution in [0, 0.1) is 5.82 Å². The number of halogens is 1. The highest BCUT2D eigenvalue weighted by Gasteiger charge is 2.27. The van der Waals surface area contributed by atoms with Crippen molar-refractivity contribution in [2.75, 3.05) is 54.2 Å². The third-order valence-corrected chi connectivity index (χ3v) is 5.46. The number of rotatable bonds is 17. The lowest BCUT2D eigenvalue weighted by Crippen LogP contribution is -2.20. The number of carbonyl (C=O) groups excluding carboxylic acids is 1. The van der Waals surface area contributed by atoms with E-state index in [2.05, 4.69) is 0 Å². The number of hydrogen-bond donors (Lipinski definition) is 1. The molecule has 39 heavy (non-hydrogen) atoms. The van der Waals surface area contributed by atoms with Crippen LogP contribution in [0.5, 0.6) is 11.5 Å². The molecule has 0 fully saturated rings. The minimum Gasteiger partial charge on any atom is -0.464 e. The Morgan fingerprint density at radius 1 is 0.769 bits per heavy atom. The van der Waals surface area contributed by atoms with Gasteiger partial charge in [0.1, 0.15) is 0 Å². The number of carbonyl (C=O) groups is 1. The Balaban J connectivity index is 1.80. The van der Waals surface area contributed by atoms with E-state index < -0.39 is 24.0 Å². The first-order chi connectivity index (χ1) is 19.0. The second-order valence-electron chi connectivity index (χ2n) is 8.20. The van der Waals surface area contributed by atoms with Gasteiger partial charge in [0.05, 0.1) is 26.4 Å². The van der Waals surface area contributed by atoms with Crippen LogP contribution in [0.2, 0.25) is 0 Å². The molecule has 0 saturated carbocycles. The molecular weight excluding hydrogens is 511 g/mol. The smallest absolute Gasteiger partial charge is 0.340 e. The Bertz CT molecular complexity index is 1090. The van der Waals surface area contributed by atoms with Crippen LogP contribution < -0.4 is 9.47 Å². The molecule has 0 spiro atoms. The van der Waals surface area contributed by atoms with Gasteiger partial charge in [-0.05, 0) is 28.8 Å². The molecular formula is C29H33FO9. The Hall–Kier alpha value is -3.54. The lowest BCUT2D eigenvalue weighted by Gasteiger charge is -2.21. The molecule has 9 nitrogen and oxygen atoms in total. The van der Waals surface area contributed by atoms with Crippen molar-refractivity contribution in [2.45, 2.75) is 12.2 Å². The van der Waals surface area contributed by atoms with Gasteiger partial charge in [0.2, 0.25) is 0 Å². The quantitative estimate of drug-likeness (QED) is 0.152. The number of hydrogen-bond acceptors (Lipinski definition) is 9. The van der Waals surface area contributed by atoms with Crippen LogP contribution in [-0.2, 0) is 28.5 Å². The average molecular weight is 545 g/mol. The number of benzene rings is 3. The van der Waals surface area contributed by atoms with Crippen LogP contribution in [0.3, 0.4) is 0 Å². The highest BCUT2D eigenvalue weighted by atomic mass is 19.1. The Morgan fingerprint density at radius 2 is 1.31 bits per heavy atom. The van der Waals surface area contributed by atoms with E-state index in [9.17, 15) is 9.90 Å². The summed E-state index contributed by atoms with van der Waals surface area (Å²) in [6.07, 6.45) is -2.59. The number of methoxy groups -OCH3 is 2. The fourth-order valence-electron chi connectivity index (χ4n) is 3.50. The van der Waals surface area contributed by atoms with Crippen molar-refractivity contribution in [3.05, 3.63) is 95.3 Å². The summed E-state index contributed by atoms with van der Waals surface area (Å²) in [5.41, 5.74) is 1.34. The zero-order valence-corrected chi connectivity index (χ0v) is 21.9. The van der Waals surface area contributed by atoms with Gasteiger partial charge >= 0.3 is 5.97 Å². The fraction of sp³-hybridized carbons (Fsp3) is 0.345. The molecule has 0 saturated heterocycles. The molecule has 0 aromatic heterocycles. The lowest BCUT2D eigenvalue weighted by molar-refractivity contribution is -0.158. The Labute approximate surface area is 226 Å². The Kier molecular flexibility index (Phi) is 12.6. The van der Waals surface area contributed by atoms with Gasteiger partial charge in [0.25, 0.3) is 0 Å². The number of aliphatic hydroxyl groups excluding tert-OH is 1. The summed E-state index contributed by atoms with van der Waals surface area (Å²) in [5, 5.41) is 10.9. The first-order valence-electron chi connectivity index (χ1n) is 12.3. The molecule has 1 unspecified atom stereocenters. The standard InChI is InChI=1S/C29H33FO9/c1-33-13-15-35-19-37-25-18-23(17-24(30)28(25)38-20-36-16-14-34-2)26(31)29(32)39-27(21-9-5-3-6-10-21)22-11-7-4-8-12-22/h3-12,17-18,26-27,31H,13-16,19-20H2,1-2H3. The molecule has 0 aliphatic rings. The molecule has 210 valence electrons. The molecule has 3 aromatic carbocycles. The highest BCUT2D eigenvalue weighted by Crippen LogP contribution is 2.35. The maximum atomic E-state index is 15.1. The van der Waals surface area contributed by atoms with Gasteiger partial charge in [-0.25, -0.2) is 9.18 Å². The zero-order valence-electron chi connectivity index (χ0n) is 21.9. The van der Waals surface area contributed by atoms with Crippen LogP contribution in [0.4, 0.5) is 4.39 Å². The van der Waals surface area contributed by atoms with Crippen molar-refractivity contribution < 1.29 is 47.4 Å². The predicted molar refractivity (Wildman–Crippen MR) is 139 cm³/mol. The maximum Gasteiger partial charge on any atom is 0.340 e. The average Bonchev–Trinajstić information content (AvgIpc) is 2.97. The van der Waals surface area contributed by atoms with Crippen molar-refractivity contribution in [3.63, 3.8) is 0 Å². The van der Waals surface area contributed by atoms with E-state index in [1.807, 2.05) is 60.7 Å². The van der Waals surface area contributed by atoms with E-state index in [-0.39, 0.29) is 43.9 Å². The highest BCUT2D eigenvalue weighted by molar-refractivity contribution is 5.77. The molecule has 1 atom stereocenters. The third-order valence-electron chi connectivity index (χ3n) is 5.46. The normalized spacial score (nSPS) is 11.8.